The first-order chi connectivity index (χ1) is 11.8. The smallest absolute Gasteiger partial charge is 0.121 e. The molecule has 6 heteroatoms. The first kappa shape index (κ1) is 13.2. The number of fused-ring (bicyclic) bond motifs is 4. The summed E-state index contributed by atoms with van der Waals surface area (Å²) >= 11 is 0. The molecule has 2 aromatic heterocycles. The van der Waals surface area contributed by atoms with E-state index < -0.39 is 0 Å². The maximum Gasteiger partial charge on any atom is 0.121 e. The molecule has 2 aromatic carbocycles. The van der Waals surface area contributed by atoms with E-state index in [1.165, 1.54) is 0 Å². The first-order valence-electron chi connectivity index (χ1n) is 7.74. The molecule has 4 aromatic rings. The normalized spacial score (nSPS) is 17.8. The SMILES string of the molecule is Cn1nnc2/c1=c1/cccc/c1=c1/c(nnn1C)=c1/cccc/c1=2. The van der Waals surface area contributed by atoms with Crippen LogP contribution in [0.25, 0.3) is 0 Å². The number of benzene rings is 2. The molecule has 5 rings (SSSR count). The highest BCUT2D eigenvalue weighted by Gasteiger charge is 2.07. The quantitative estimate of drug-likeness (QED) is 0.433. The van der Waals surface area contributed by atoms with Crippen LogP contribution in [0.15, 0.2) is 48.5 Å². The van der Waals surface area contributed by atoms with Crippen LogP contribution in [0.2, 0.25) is 0 Å². The molecule has 0 atom stereocenters. The predicted molar refractivity (Wildman–Crippen MR) is 85.6 cm³/mol. The Morgan fingerprint density at radius 3 is 1.38 bits per heavy atom. The van der Waals surface area contributed by atoms with Gasteiger partial charge in [-0.3, -0.25) is 0 Å². The molecule has 0 saturated heterocycles. The Bertz CT molecular complexity index is 1370. The lowest BCUT2D eigenvalue weighted by Crippen LogP contribution is -1.96. The second-order valence-electron chi connectivity index (χ2n) is 5.91. The standard InChI is InChI=1S/C18H14N6/c1-23-17-13-9-5-6-10-14(13)18-16(20-22-24(18)2)12-8-4-3-7-11(12)15(17)19-21-23/h3-10H,1-2H3/b15-11+,16-12+,17-13+,18-14+. The van der Waals surface area contributed by atoms with Crippen molar-refractivity contribution in [3.63, 3.8) is 0 Å². The second-order valence-corrected chi connectivity index (χ2v) is 5.91. The molecular formula is C18H14N6. The first-order valence-corrected chi connectivity index (χ1v) is 7.74. The Morgan fingerprint density at radius 2 is 0.958 bits per heavy atom. The van der Waals surface area contributed by atoms with Crippen molar-refractivity contribution in [2.75, 3.05) is 0 Å². The lowest BCUT2D eigenvalue weighted by molar-refractivity contribution is 0.693. The molecular weight excluding hydrogens is 300 g/mol. The minimum atomic E-state index is 0.872. The van der Waals surface area contributed by atoms with Crippen molar-refractivity contribution in [1.82, 2.24) is 30.0 Å². The summed E-state index contributed by atoms with van der Waals surface area (Å²) in [5.74, 6) is 0. The summed E-state index contributed by atoms with van der Waals surface area (Å²) in [4.78, 5) is 0. The van der Waals surface area contributed by atoms with E-state index in [1.807, 2.05) is 47.7 Å². The minimum Gasteiger partial charge on any atom is -0.247 e. The minimum absolute atomic E-state index is 0.872. The zero-order chi connectivity index (χ0) is 16.3. The van der Waals surface area contributed by atoms with Crippen molar-refractivity contribution in [2.45, 2.75) is 0 Å². The monoisotopic (exact) mass is 314 g/mol. The summed E-state index contributed by atoms with van der Waals surface area (Å²) in [5, 5.41) is 25.4. The van der Waals surface area contributed by atoms with Crippen molar-refractivity contribution in [3.8, 4) is 0 Å². The highest BCUT2D eigenvalue weighted by molar-refractivity contribution is 5.21. The molecule has 0 bridgehead atoms. The Morgan fingerprint density at radius 1 is 0.583 bits per heavy atom. The van der Waals surface area contributed by atoms with Crippen LogP contribution >= 0.6 is 0 Å². The fourth-order valence-corrected chi connectivity index (χ4v) is 3.47. The Balaban J connectivity index is 2.50. The third-order valence-corrected chi connectivity index (χ3v) is 4.53. The molecule has 0 fully saturated rings. The molecule has 0 aliphatic heterocycles. The van der Waals surface area contributed by atoms with E-state index in [-0.39, 0.29) is 0 Å². The predicted octanol–water partition coefficient (Wildman–Crippen LogP) is 1.40. The van der Waals surface area contributed by atoms with Crippen LogP contribution in [-0.4, -0.2) is 30.0 Å². The molecule has 24 heavy (non-hydrogen) atoms. The molecule has 0 radical (unpaired) electrons. The second kappa shape index (κ2) is 4.61. The van der Waals surface area contributed by atoms with E-state index >= 15 is 0 Å². The zero-order valence-electron chi connectivity index (χ0n) is 13.3. The van der Waals surface area contributed by atoms with Gasteiger partial charge in [0, 0.05) is 35.0 Å². The van der Waals surface area contributed by atoms with E-state index in [9.17, 15) is 0 Å². The van der Waals surface area contributed by atoms with E-state index in [4.69, 9.17) is 0 Å². The fraction of sp³-hybridized carbons (Fsp3) is 0.111. The maximum atomic E-state index is 4.44. The van der Waals surface area contributed by atoms with Gasteiger partial charge in [0.25, 0.3) is 0 Å². The average molecular weight is 314 g/mol. The van der Waals surface area contributed by atoms with Crippen LogP contribution in [0.4, 0.5) is 0 Å². The van der Waals surface area contributed by atoms with Crippen LogP contribution in [0.1, 0.15) is 0 Å². The van der Waals surface area contributed by atoms with E-state index in [0.29, 0.717) is 0 Å². The van der Waals surface area contributed by atoms with Gasteiger partial charge in [-0.2, -0.15) is 0 Å². The molecule has 2 heterocycles. The lowest BCUT2D eigenvalue weighted by atomic mass is 10.1. The summed E-state index contributed by atoms with van der Waals surface area (Å²) in [7, 11) is 3.85. The summed E-state index contributed by atoms with van der Waals surface area (Å²) in [6.07, 6.45) is 0. The number of aryl methyl sites for hydroxylation is 2. The van der Waals surface area contributed by atoms with E-state index in [0.717, 1.165) is 42.3 Å². The number of nitrogens with zero attached hydrogens (tertiary/aromatic N) is 6. The highest BCUT2D eigenvalue weighted by atomic mass is 15.4. The van der Waals surface area contributed by atoms with E-state index in [1.54, 1.807) is 0 Å². The highest BCUT2D eigenvalue weighted by Crippen LogP contribution is 2.09. The number of aromatic nitrogens is 6. The summed E-state index contributed by atoms with van der Waals surface area (Å²) in [6.45, 7) is 0. The van der Waals surface area contributed by atoms with Crippen molar-refractivity contribution < 1.29 is 0 Å². The molecule has 0 amide bonds. The van der Waals surface area contributed by atoms with Crippen LogP contribution in [0.5, 0.6) is 0 Å². The third-order valence-electron chi connectivity index (χ3n) is 4.53. The van der Waals surface area contributed by atoms with Gasteiger partial charge in [-0.15, -0.1) is 10.2 Å². The number of hydrogen-bond donors (Lipinski definition) is 0. The zero-order valence-corrected chi connectivity index (χ0v) is 13.3. The Hall–Kier alpha value is -3.28. The molecule has 0 unspecified atom stereocenters. The van der Waals surface area contributed by atoms with Gasteiger partial charge in [0.15, 0.2) is 0 Å². The molecule has 6 nitrogen and oxygen atoms in total. The molecule has 1 aliphatic carbocycles. The van der Waals surface area contributed by atoms with Gasteiger partial charge in [0.1, 0.15) is 10.7 Å². The Labute approximate surface area is 135 Å². The average Bonchev–Trinajstić information content (AvgIpc) is 3.16. The molecule has 116 valence electrons. The van der Waals surface area contributed by atoms with Gasteiger partial charge in [-0.1, -0.05) is 59.0 Å². The molecule has 0 saturated carbocycles. The van der Waals surface area contributed by atoms with Crippen LogP contribution in [-0.2, 0) is 14.1 Å². The van der Waals surface area contributed by atoms with Crippen molar-refractivity contribution in [3.05, 3.63) is 90.8 Å². The molecule has 0 N–H and O–H groups in total. The molecule has 0 spiro atoms. The lowest BCUT2D eigenvalue weighted by Gasteiger charge is -1.97. The van der Waals surface area contributed by atoms with Crippen LogP contribution in [0.3, 0.4) is 0 Å². The van der Waals surface area contributed by atoms with E-state index in [2.05, 4.69) is 44.9 Å². The summed E-state index contributed by atoms with van der Waals surface area (Å²) in [5.41, 5.74) is 0. The van der Waals surface area contributed by atoms with Gasteiger partial charge < -0.3 is 0 Å². The van der Waals surface area contributed by atoms with Gasteiger partial charge >= 0.3 is 0 Å². The van der Waals surface area contributed by atoms with Crippen molar-refractivity contribution in [1.29, 1.82) is 0 Å². The molecule has 1 aliphatic rings. The largest absolute Gasteiger partial charge is 0.247 e. The Kier molecular flexibility index (Phi) is 2.53. The third kappa shape index (κ3) is 1.59. The van der Waals surface area contributed by atoms with Gasteiger partial charge in [-0.25, -0.2) is 9.36 Å². The van der Waals surface area contributed by atoms with Gasteiger partial charge in [0.05, 0.1) is 10.7 Å². The van der Waals surface area contributed by atoms with Crippen molar-refractivity contribution in [2.24, 2.45) is 14.1 Å². The number of hydrogen-bond acceptors (Lipinski definition) is 4. The summed E-state index contributed by atoms with van der Waals surface area (Å²) < 4.78 is 3.67. The van der Waals surface area contributed by atoms with Crippen LogP contribution < -0.4 is 0 Å². The van der Waals surface area contributed by atoms with Gasteiger partial charge in [-0.05, 0) is 0 Å². The fourth-order valence-electron chi connectivity index (χ4n) is 3.47. The van der Waals surface area contributed by atoms with Gasteiger partial charge in [0.2, 0.25) is 0 Å². The maximum absolute atomic E-state index is 4.44. The van der Waals surface area contributed by atoms with Crippen molar-refractivity contribution >= 4 is 0 Å². The topological polar surface area (TPSA) is 61.4 Å². The van der Waals surface area contributed by atoms with Crippen LogP contribution in [0, 0.1) is 42.3 Å². The number of rotatable bonds is 0. The summed E-state index contributed by atoms with van der Waals surface area (Å²) in [6, 6.07) is 16.4.